The number of hydrogen-bond donors (Lipinski definition) is 1. The number of anilines is 1. The lowest BCUT2D eigenvalue weighted by Crippen LogP contribution is -2.49. The number of ether oxygens (including phenoxy) is 2. The lowest BCUT2D eigenvalue weighted by molar-refractivity contribution is -0.132. The van der Waals surface area contributed by atoms with E-state index in [2.05, 4.69) is 4.90 Å². The highest BCUT2D eigenvalue weighted by molar-refractivity contribution is 5.88. The van der Waals surface area contributed by atoms with Crippen molar-refractivity contribution in [3.8, 4) is 11.5 Å². The number of nitrogens with zero attached hydrogens (tertiary/aromatic N) is 2. The number of piperazine rings is 1. The van der Waals surface area contributed by atoms with E-state index in [0.29, 0.717) is 50.7 Å². The van der Waals surface area contributed by atoms with E-state index < -0.39 is 5.97 Å². The van der Waals surface area contributed by atoms with Crippen molar-refractivity contribution in [1.82, 2.24) is 4.90 Å². The van der Waals surface area contributed by atoms with Crippen LogP contribution in [0.25, 0.3) is 0 Å². The van der Waals surface area contributed by atoms with Crippen molar-refractivity contribution in [2.75, 3.05) is 44.8 Å². The van der Waals surface area contributed by atoms with Crippen LogP contribution in [0.15, 0.2) is 48.5 Å². The number of carbonyl (C=O) groups is 2. The first-order valence-electron chi connectivity index (χ1n) is 9.20. The molecule has 0 aliphatic carbocycles. The molecule has 1 saturated heterocycles. The molecule has 3 rings (SSSR count). The van der Waals surface area contributed by atoms with Gasteiger partial charge in [0.15, 0.2) is 0 Å². The van der Waals surface area contributed by atoms with Crippen molar-refractivity contribution >= 4 is 17.6 Å². The zero-order valence-electron chi connectivity index (χ0n) is 15.8. The Hall–Kier alpha value is -3.22. The second kappa shape index (κ2) is 9.12. The molecule has 1 heterocycles. The van der Waals surface area contributed by atoms with Crippen LogP contribution in [0.5, 0.6) is 11.5 Å². The molecule has 2 aromatic rings. The van der Waals surface area contributed by atoms with Gasteiger partial charge in [0.1, 0.15) is 11.5 Å². The van der Waals surface area contributed by atoms with Gasteiger partial charge in [-0.3, -0.25) is 4.79 Å². The van der Waals surface area contributed by atoms with Gasteiger partial charge in [-0.15, -0.1) is 0 Å². The lowest BCUT2D eigenvalue weighted by atomic mass is 10.1. The van der Waals surface area contributed by atoms with Gasteiger partial charge in [-0.25, -0.2) is 4.79 Å². The largest absolute Gasteiger partial charge is 0.497 e. The fourth-order valence-corrected chi connectivity index (χ4v) is 3.15. The van der Waals surface area contributed by atoms with Crippen molar-refractivity contribution in [3.63, 3.8) is 0 Å². The molecule has 0 radical (unpaired) electrons. The van der Waals surface area contributed by atoms with Crippen LogP contribution < -0.4 is 14.4 Å². The number of carboxylic acids is 1. The molecule has 1 aliphatic heterocycles. The molecule has 1 fully saturated rings. The fraction of sp³-hybridized carbons (Fsp3) is 0.333. The number of rotatable bonds is 7. The number of aromatic carboxylic acids is 1. The SMILES string of the molecule is COc1cccc(OCCC(=O)N2CCN(c3cccc(C(=O)O)c3)CC2)c1. The Morgan fingerprint density at radius 1 is 1.00 bits per heavy atom. The van der Waals surface area contributed by atoms with Crippen LogP contribution in [0.3, 0.4) is 0 Å². The van der Waals surface area contributed by atoms with Gasteiger partial charge in [-0.2, -0.15) is 0 Å². The van der Waals surface area contributed by atoms with E-state index in [-0.39, 0.29) is 11.5 Å². The van der Waals surface area contributed by atoms with Gasteiger partial charge in [0.25, 0.3) is 0 Å². The smallest absolute Gasteiger partial charge is 0.335 e. The first-order valence-corrected chi connectivity index (χ1v) is 9.20. The van der Waals surface area contributed by atoms with Crippen LogP contribution in [0, 0.1) is 0 Å². The van der Waals surface area contributed by atoms with Crippen molar-refractivity contribution in [3.05, 3.63) is 54.1 Å². The summed E-state index contributed by atoms with van der Waals surface area (Å²) in [5.41, 5.74) is 1.14. The Labute approximate surface area is 164 Å². The van der Waals surface area contributed by atoms with Crippen LogP contribution in [0.1, 0.15) is 16.8 Å². The number of amides is 1. The summed E-state index contributed by atoms with van der Waals surface area (Å²) in [7, 11) is 1.60. The molecule has 2 aromatic carbocycles. The molecule has 0 aromatic heterocycles. The Morgan fingerprint density at radius 2 is 1.71 bits per heavy atom. The predicted octanol–water partition coefficient (Wildman–Crippen LogP) is 2.51. The monoisotopic (exact) mass is 384 g/mol. The molecule has 0 saturated carbocycles. The molecule has 0 bridgehead atoms. The van der Waals surface area contributed by atoms with Gasteiger partial charge in [0.05, 0.1) is 25.7 Å². The van der Waals surface area contributed by atoms with E-state index in [1.165, 1.54) is 0 Å². The molecule has 28 heavy (non-hydrogen) atoms. The maximum Gasteiger partial charge on any atom is 0.335 e. The minimum absolute atomic E-state index is 0.0573. The maximum atomic E-state index is 12.4. The summed E-state index contributed by atoms with van der Waals surface area (Å²) in [5.74, 6) is 0.510. The summed E-state index contributed by atoms with van der Waals surface area (Å²) in [6, 6.07) is 14.2. The third-order valence-corrected chi connectivity index (χ3v) is 4.72. The molecule has 0 atom stereocenters. The predicted molar refractivity (Wildman–Crippen MR) is 105 cm³/mol. The molecule has 1 N–H and O–H groups in total. The molecule has 0 unspecified atom stereocenters. The second-order valence-electron chi connectivity index (χ2n) is 6.50. The highest BCUT2D eigenvalue weighted by atomic mass is 16.5. The van der Waals surface area contributed by atoms with Crippen LogP contribution in [0.4, 0.5) is 5.69 Å². The Kier molecular flexibility index (Phi) is 6.37. The number of hydrogen-bond acceptors (Lipinski definition) is 5. The summed E-state index contributed by atoms with van der Waals surface area (Å²) in [5, 5.41) is 9.13. The molecule has 148 valence electrons. The van der Waals surface area contributed by atoms with Crippen LogP contribution >= 0.6 is 0 Å². The van der Waals surface area contributed by atoms with E-state index in [1.807, 2.05) is 29.2 Å². The molecule has 1 amide bonds. The summed E-state index contributed by atoms with van der Waals surface area (Å²) < 4.78 is 10.8. The van der Waals surface area contributed by atoms with Crippen molar-refractivity contribution in [2.24, 2.45) is 0 Å². The quantitative estimate of drug-likeness (QED) is 0.790. The number of methoxy groups -OCH3 is 1. The first kappa shape index (κ1) is 19.5. The van der Waals surface area contributed by atoms with E-state index >= 15 is 0 Å². The van der Waals surface area contributed by atoms with E-state index in [0.717, 1.165) is 5.69 Å². The van der Waals surface area contributed by atoms with Gasteiger partial charge in [-0.1, -0.05) is 12.1 Å². The summed E-state index contributed by atoms with van der Waals surface area (Å²) in [6.07, 6.45) is 0.311. The highest BCUT2D eigenvalue weighted by Crippen LogP contribution is 2.20. The topological polar surface area (TPSA) is 79.3 Å². The fourth-order valence-electron chi connectivity index (χ4n) is 3.15. The van der Waals surface area contributed by atoms with Gasteiger partial charge in [-0.05, 0) is 30.3 Å². The standard InChI is InChI=1S/C21H24N2O5/c1-27-18-6-3-7-19(15-18)28-13-8-20(24)23-11-9-22(10-12-23)17-5-2-4-16(14-17)21(25)26/h2-7,14-15H,8-13H2,1H3,(H,25,26). The maximum absolute atomic E-state index is 12.4. The van der Waals surface area contributed by atoms with Crippen LogP contribution in [-0.2, 0) is 4.79 Å². The molecule has 1 aliphatic rings. The molecular formula is C21H24N2O5. The third kappa shape index (κ3) is 4.94. The summed E-state index contributed by atoms with van der Waals surface area (Å²) in [4.78, 5) is 27.5. The van der Waals surface area contributed by atoms with E-state index in [1.54, 1.807) is 31.4 Å². The zero-order valence-corrected chi connectivity index (χ0v) is 15.8. The summed E-state index contributed by atoms with van der Waals surface area (Å²) in [6.45, 7) is 2.87. The first-order chi connectivity index (χ1) is 13.6. The normalized spacial score (nSPS) is 13.9. The van der Waals surface area contributed by atoms with Crippen LogP contribution in [0.2, 0.25) is 0 Å². The molecular weight excluding hydrogens is 360 g/mol. The zero-order chi connectivity index (χ0) is 19.9. The summed E-state index contributed by atoms with van der Waals surface area (Å²) >= 11 is 0. The highest BCUT2D eigenvalue weighted by Gasteiger charge is 2.21. The van der Waals surface area contributed by atoms with Gasteiger partial charge >= 0.3 is 5.97 Å². The minimum atomic E-state index is -0.938. The van der Waals surface area contributed by atoms with E-state index in [4.69, 9.17) is 14.6 Å². The third-order valence-electron chi connectivity index (χ3n) is 4.72. The van der Waals surface area contributed by atoms with E-state index in [9.17, 15) is 9.59 Å². The number of benzene rings is 2. The number of carboxylic acid groups (broad SMARTS) is 1. The van der Waals surface area contributed by atoms with Crippen LogP contribution in [-0.4, -0.2) is 61.8 Å². The molecule has 0 spiro atoms. The van der Waals surface area contributed by atoms with Gasteiger partial charge < -0.3 is 24.4 Å². The molecule has 7 nitrogen and oxygen atoms in total. The lowest BCUT2D eigenvalue weighted by Gasteiger charge is -2.36. The average molecular weight is 384 g/mol. The minimum Gasteiger partial charge on any atom is -0.497 e. The van der Waals surface area contributed by atoms with Gasteiger partial charge in [0, 0.05) is 37.9 Å². The Morgan fingerprint density at radius 3 is 2.43 bits per heavy atom. The van der Waals surface area contributed by atoms with Gasteiger partial charge in [0.2, 0.25) is 5.91 Å². The number of carbonyl (C=O) groups excluding carboxylic acids is 1. The Balaban J connectivity index is 1.46. The second-order valence-corrected chi connectivity index (χ2v) is 6.50. The molecule has 7 heteroatoms. The van der Waals surface area contributed by atoms with Crippen molar-refractivity contribution in [1.29, 1.82) is 0 Å². The average Bonchev–Trinajstić information content (AvgIpc) is 2.74. The Bertz CT molecular complexity index is 831. The van der Waals surface area contributed by atoms with Crippen molar-refractivity contribution in [2.45, 2.75) is 6.42 Å². The van der Waals surface area contributed by atoms with Crippen molar-refractivity contribution < 1.29 is 24.2 Å².